The number of rotatable bonds is 3. The topological polar surface area (TPSA) is 97.6 Å². The number of nitrogens with zero attached hydrogens (tertiary/aromatic N) is 5. The van der Waals surface area contributed by atoms with Crippen molar-refractivity contribution in [3.63, 3.8) is 0 Å². The predicted molar refractivity (Wildman–Crippen MR) is 62.1 cm³/mol. The molecule has 0 saturated heterocycles. The molecule has 0 fully saturated rings. The molecule has 2 aromatic heterocycles. The summed E-state index contributed by atoms with van der Waals surface area (Å²) in [5.41, 5.74) is -0.312. The van der Waals surface area contributed by atoms with Gasteiger partial charge in [-0.3, -0.25) is 14.7 Å². The van der Waals surface area contributed by atoms with E-state index in [9.17, 15) is 10.1 Å². The highest BCUT2D eigenvalue weighted by Crippen LogP contribution is 2.25. The zero-order valence-corrected chi connectivity index (χ0v) is 9.57. The Morgan fingerprint density at radius 3 is 2.89 bits per heavy atom. The highest BCUT2D eigenvalue weighted by atomic mass is 16.6. The molecule has 0 bridgehead atoms. The van der Waals surface area contributed by atoms with Crippen LogP contribution in [0.5, 0.6) is 0 Å². The molecule has 0 aliphatic carbocycles. The summed E-state index contributed by atoms with van der Waals surface area (Å²) >= 11 is 0. The molecule has 2 aromatic rings. The van der Waals surface area contributed by atoms with E-state index in [2.05, 4.69) is 9.97 Å². The third-order valence-corrected chi connectivity index (χ3v) is 2.47. The molecule has 18 heavy (non-hydrogen) atoms. The standard InChI is InChI=1S/C11H9N5O2/c1-2-9-13-5-6-15(9)11-10(16(17)18)8(7-12)3-4-14-11/h3-6H,2H2,1H3. The third-order valence-electron chi connectivity index (χ3n) is 2.47. The highest BCUT2D eigenvalue weighted by molar-refractivity contribution is 5.58. The molecule has 0 amide bonds. The van der Waals surface area contributed by atoms with Gasteiger partial charge in [0, 0.05) is 25.0 Å². The van der Waals surface area contributed by atoms with Gasteiger partial charge >= 0.3 is 5.69 Å². The van der Waals surface area contributed by atoms with Crippen molar-refractivity contribution in [3.05, 3.63) is 46.2 Å². The van der Waals surface area contributed by atoms with Crippen molar-refractivity contribution in [2.45, 2.75) is 13.3 Å². The quantitative estimate of drug-likeness (QED) is 0.602. The number of nitro groups is 1. The second-order valence-corrected chi connectivity index (χ2v) is 3.47. The first-order chi connectivity index (χ1) is 8.69. The van der Waals surface area contributed by atoms with Gasteiger partial charge < -0.3 is 0 Å². The fourth-order valence-corrected chi connectivity index (χ4v) is 1.68. The van der Waals surface area contributed by atoms with E-state index >= 15 is 0 Å². The van der Waals surface area contributed by atoms with E-state index in [4.69, 9.17) is 5.26 Å². The molecule has 0 saturated carbocycles. The summed E-state index contributed by atoms with van der Waals surface area (Å²) in [4.78, 5) is 18.6. The van der Waals surface area contributed by atoms with Crippen LogP contribution in [0, 0.1) is 21.4 Å². The van der Waals surface area contributed by atoms with Crippen molar-refractivity contribution in [2.24, 2.45) is 0 Å². The Morgan fingerprint density at radius 1 is 1.50 bits per heavy atom. The number of hydrogen-bond acceptors (Lipinski definition) is 5. The summed E-state index contributed by atoms with van der Waals surface area (Å²) in [6.07, 6.45) is 5.13. The lowest BCUT2D eigenvalue weighted by atomic mass is 10.2. The molecule has 90 valence electrons. The van der Waals surface area contributed by atoms with E-state index in [1.54, 1.807) is 18.5 Å². The van der Waals surface area contributed by atoms with E-state index in [-0.39, 0.29) is 17.1 Å². The normalized spacial score (nSPS) is 10.0. The Balaban J connectivity index is 2.73. The number of aryl methyl sites for hydroxylation is 1. The van der Waals surface area contributed by atoms with Crippen LogP contribution in [0.4, 0.5) is 5.69 Å². The number of nitriles is 1. The van der Waals surface area contributed by atoms with Crippen LogP contribution in [0.15, 0.2) is 24.7 Å². The Hall–Kier alpha value is -2.75. The van der Waals surface area contributed by atoms with Gasteiger partial charge in [0.05, 0.1) is 4.92 Å². The molecule has 0 radical (unpaired) electrons. The predicted octanol–water partition coefficient (Wildman–Crippen LogP) is 1.61. The van der Waals surface area contributed by atoms with Crippen molar-refractivity contribution in [3.8, 4) is 11.9 Å². The molecular formula is C11H9N5O2. The lowest BCUT2D eigenvalue weighted by Crippen LogP contribution is -2.07. The van der Waals surface area contributed by atoms with Gasteiger partial charge in [0.2, 0.25) is 5.82 Å². The van der Waals surface area contributed by atoms with Crippen molar-refractivity contribution >= 4 is 5.69 Å². The fraction of sp³-hybridized carbons (Fsp3) is 0.182. The average Bonchev–Trinajstić information content (AvgIpc) is 2.85. The summed E-state index contributed by atoms with van der Waals surface area (Å²) in [5, 5.41) is 20.0. The van der Waals surface area contributed by atoms with Gasteiger partial charge in [0.25, 0.3) is 0 Å². The molecule has 2 rings (SSSR count). The van der Waals surface area contributed by atoms with Gasteiger partial charge in [-0.15, -0.1) is 0 Å². The van der Waals surface area contributed by atoms with Gasteiger partial charge in [-0.2, -0.15) is 5.26 Å². The van der Waals surface area contributed by atoms with Gasteiger partial charge in [-0.05, 0) is 6.07 Å². The van der Waals surface area contributed by atoms with E-state index in [0.29, 0.717) is 12.2 Å². The number of imidazole rings is 1. The molecule has 0 spiro atoms. The lowest BCUT2D eigenvalue weighted by Gasteiger charge is -2.06. The van der Waals surface area contributed by atoms with Crippen LogP contribution in [0.2, 0.25) is 0 Å². The molecule has 7 nitrogen and oxygen atoms in total. The second kappa shape index (κ2) is 4.63. The second-order valence-electron chi connectivity index (χ2n) is 3.47. The first-order valence-electron chi connectivity index (χ1n) is 5.25. The molecule has 7 heteroatoms. The zero-order valence-electron chi connectivity index (χ0n) is 9.57. The van der Waals surface area contributed by atoms with Crippen molar-refractivity contribution in [2.75, 3.05) is 0 Å². The molecule has 0 aliphatic heterocycles. The molecule has 0 N–H and O–H groups in total. The van der Waals surface area contributed by atoms with Crippen LogP contribution in [0.3, 0.4) is 0 Å². The molecular weight excluding hydrogens is 234 g/mol. The van der Waals surface area contributed by atoms with E-state index in [0.717, 1.165) is 0 Å². The minimum Gasteiger partial charge on any atom is -0.282 e. The fourth-order valence-electron chi connectivity index (χ4n) is 1.68. The first-order valence-corrected chi connectivity index (χ1v) is 5.25. The summed E-state index contributed by atoms with van der Waals surface area (Å²) in [6, 6.07) is 3.12. The molecule has 0 aliphatic rings. The smallest absolute Gasteiger partial charge is 0.282 e. The summed E-state index contributed by atoms with van der Waals surface area (Å²) in [5.74, 6) is 0.772. The van der Waals surface area contributed by atoms with Crippen molar-refractivity contribution in [1.29, 1.82) is 5.26 Å². The Bertz CT molecular complexity index is 641. The average molecular weight is 243 g/mol. The van der Waals surface area contributed by atoms with Crippen LogP contribution >= 0.6 is 0 Å². The minimum atomic E-state index is -0.597. The summed E-state index contributed by atoms with van der Waals surface area (Å²) in [6.45, 7) is 1.89. The number of aromatic nitrogens is 3. The molecule has 0 aromatic carbocycles. The molecule has 0 atom stereocenters. The number of pyridine rings is 1. The highest BCUT2D eigenvalue weighted by Gasteiger charge is 2.23. The molecule has 2 heterocycles. The van der Waals surface area contributed by atoms with Crippen molar-refractivity contribution < 1.29 is 4.92 Å². The number of hydrogen-bond donors (Lipinski definition) is 0. The van der Waals surface area contributed by atoms with E-state index in [1.165, 1.54) is 16.8 Å². The monoisotopic (exact) mass is 243 g/mol. The van der Waals surface area contributed by atoms with Gasteiger partial charge in [-0.1, -0.05) is 6.92 Å². The van der Waals surface area contributed by atoms with Crippen molar-refractivity contribution in [1.82, 2.24) is 14.5 Å². The van der Waals surface area contributed by atoms with Crippen LogP contribution < -0.4 is 0 Å². The van der Waals surface area contributed by atoms with Crippen LogP contribution in [0.25, 0.3) is 5.82 Å². The van der Waals surface area contributed by atoms with Gasteiger partial charge in [-0.25, -0.2) is 9.97 Å². The van der Waals surface area contributed by atoms with E-state index < -0.39 is 4.92 Å². The largest absolute Gasteiger partial charge is 0.329 e. The Morgan fingerprint density at radius 2 is 2.28 bits per heavy atom. The zero-order chi connectivity index (χ0) is 13.1. The maximum Gasteiger partial charge on any atom is 0.329 e. The molecule has 0 unspecified atom stereocenters. The Kier molecular flexibility index (Phi) is 3.02. The lowest BCUT2D eigenvalue weighted by molar-refractivity contribution is -0.385. The van der Waals surface area contributed by atoms with Gasteiger partial charge in [0.15, 0.2) is 0 Å². The Labute approximate surface area is 102 Å². The summed E-state index contributed by atoms with van der Waals surface area (Å²) in [7, 11) is 0. The minimum absolute atomic E-state index is 0.0132. The maximum absolute atomic E-state index is 11.1. The van der Waals surface area contributed by atoms with Gasteiger partial charge in [0.1, 0.15) is 17.5 Å². The van der Waals surface area contributed by atoms with E-state index in [1.807, 2.05) is 6.92 Å². The first kappa shape index (κ1) is 11.7. The van der Waals surface area contributed by atoms with Crippen LogP contribution in [0.1, 0.15) is 18.3 Å². The van der Waals surface area contributed by atoms with Crippen LogP contribution in [-0.2, 0) is 6.42 Å². The SMILES string of the molecule is CCc1nccn1-c1nccc(C#N)c1[N+](=O)[O-]. The maximum atomic E-state index is 11.1. The third kappa shape index (κ3) is 1.80. The summed E-state index contributed by atoms with van der Waals surface area (Å²) < 4.78 is 1.53. The van der Waals surface area contributed by atoms with Crippen LogP contribution in [-0.4, -0.2) is 19.5 Å².